The van der Waals surface area contributed by atoms with Crippen molar-refractivity contribution in [1.29, 1.82) is 0 Å². The van der Waals surface area contributed by atoms with Crippen molar-refractivity contribution in [3.05, 3.63) is 23.5 Å². The molecule has 0 aromatic heterocycles. The molecule has 1 saturated heterocycles. The maximum absolute atomic E-state index is 14.0. The van der Waals surface area contributed by atoms with Gasteiger partial charge in [-0.3, -0.25) is 9.69 Å². The number of rotatable bonds is 2. The van der Waals surface area contributed by atoms with Crippen molar-refractivity contribution in [2.24, 2.45) is 0 Å². The van der Waals surface area contributed by atoms with Gasteiger partial charge in [-0.2, -0.15) is 0 Å². The van der Waals surface area contributed by atoms with Gasteiger partial charge in [0.25, 0.3) is 5.91 Å². The Morgan fingerprint density at radius 2 is 2.04 bits per heavy atom. The minimum atomic E-state index is -0.365. The topological polar surface area (TPSA) is 47.6 Å². The number of anilines is 2. The molecular weight excluding hydrogens is 295 g/mol. The summed E-state index contributed by atoms with van der Waals surface area (Å²) in [6.45, 7) is 4.81. The van der Waals surface area contributed by atoms with Gasteiger partial charge in [0, 0.05) is 25.7 Å². The number of piperidine rings is 1. The van der Waals surface area contributed by atoms with Crippen LogP contribution in [0, 0.1) is 5.82 Å². The first-order chi connectivity index (χ1) is 11.2. The van der Waals surface area contributed by atoms with Crippen LogP contribution in [0.3, 0.4) is 0 Å². The van der Waals surface area contributed by atoms with Crippen LogP contribution in [0.25, 0.3) is 0 Å². The van der Waals surface area contributed by atoms with Crippen LogP contribution in [0.1, 0.15) is 43.0 Å². The molecule has 3 aliphatic heterocycles. The third-order valence-electron chi connectivity index (χ3n) is 5.23. The Morgan fingerprint density at radius 3 is 2.78 bits per heavy atom. The molecule has 0 radical (unpaired) electrons. The van der Waals surface area contributed by atoms with Gasteiger partial charge < -0.3 is 15.5 Å². The smallest absolute Gasteiger partial charge is 0.253 e. The van der Waals surface area contributed by atoms with Gasteiger partial charge in [0.05, 0.1) is 16.9 Å². The molecule has 5 nitrogen and oxygen atoms in total. The zero-order valence-electron chi connectivity index (χ0n) is 13.4. The fourth-order valence-corrected chi connectivity index (χ4v) is 4.05. The van der Waals surface area contributed by atoms with Gasteiger partial charge in [0.1, 0.15) is 5.82 Å². The second-order valence-electron chi connectivity index (χ2n) is 6.64. The molecule has 3 heterocycles. The summed E-state index contributed by atoms with van der Waals surface area (Å²) >= 11 is 0. The van der Waals surface area contributed by atoms with E-state index in [0.29, 0.717) is 12.1 Å². The number of carbonyl (C=O) groups is 1. The third kappa shape index (κ3) is 2.36. The lowest BCUT2D eigenvalue weighted by Gasteiger charge is -2.41. The van der Waals surface area contributed by atoms with E-state index in [1.54, 1.807) is 0 Å². The fourth-order valence-electron chi connectivity index (χ4n) is 4.05. The Morgan fingerprint density at radius 1 is 1.26 bits per heavy atom. The predicted molar refractivity (Wildman–Crippen MR) is 88.1 cm³/mol. The number of hydrogen-bond acceptors (Lipinski definition) is 4. The quantitative estimate of drug-likeness (QED) is 0.879. The van der Waals surface area contributed by atoms with Crippen molar-refractivity contribution in [3.8, 4) is 0 Å². The lowest BCUT2D eigenvalue weighted by molar-refractivity contribution is 0.0954. The van der Waals surface area contributed by atoms with Crippen molar-refractivity contribution >= 4 is 17.3 Å². The Balaban J connectivity index is 1.80. The second kappa shape index (κ2) is 5.67. The molecule has 2 atom stereocenters. The highest BCUT2D eigenvalue weighted by Crippen LogP contribution is 2.42. The first-order valence-electron chi connectivity index (χ1n) is 8.59. The largest absolute Gasteiger partial charge is 0.351 e. The first kappa shape index (κ1) is 14.8. The number of nitrogens with zero attached hydrogens (tertiary/aromatic N) is 2. The number of carbonyl (C=O) groups excluding carboxylic acids is 1. The lowest BCUT2D eigenvalue weighted by Crippen LogP contribution is -2.56. The van der Waals surface area contributed by atoms with Crippen LogP contribution < -0.4 is 15.5 Å². The molecule has 1 unspecified atom stereocenters. The van der Waals surface area contributed by atoms with Crippen molar-refractivity contribution in [2.45, 2.75) is 44.9 Å². The normalized spacial score (nSPS) is 27.2. The molecule has 0 bridgehead atoms. The fraction of sp³-hybridized carbons (Fsp3) is 0.588. The van der Waals surface area contributed by atoms with Crippen LogP contribution in [-0.4, -0.2) is 42.8 Å². The molecule has 3 aliphatic rings. The average molecular weight is 318 g/mol. The summed E-state index contributed by atoms with van der Waals surface area (Å²) in [5.41, 5.74) is 2.05. The Labute approximate surface area is 135 Å². The lowest BCUT2D eigenvalue weighted by atomic mass is 10.1. The number of amides is 1. The molecule has 124 valence electrons. The van der Waals surface area contributed by atoms with Crippen LogP contribution in [0.4, 0.5) is 15.8 Å². The van der Waals surface area contributed by atoms with E-state index in [2.05, 4.69) is 27.4 Å². The highest BCUT2D eigenvalue weighted by atomic mass is 19.1. The molecule has 6 heteroatoms. The van der Waals surface area contributed by atoms with E-state index in [-0.39, 0.29) is 24.1 Å². The molecule has 0 aliphatic carbocycles. The van der Waals surface area contributed by atoms with E-state index in [0.717, 1.165) is 30.9 Å². The Bertz CT molecular complexity index is 629. The van der Waals surface area contributed by atoms with Crippen LogP contribution in [-0.2, 0) is 0 Å². The molecule has 1 aromatic carbocycles. The zero-order valence-corrected chi connectivity index (χ0v) is 13.4. The maximum atomic E-state index is 14.0. The van der Waals surface area contributed by atoms with E-state index >= 15 is 0 Å². The monoisotopic (exact) mass is 318 g/mol. The number of likely N-dealkylation sites (tertiary alicyclic amines) is 1. The van der Waals surface area contributed by atoms with Gasteiger partial charge in [-0.05, 0) is 31.4 Å². The molecule has 1 fully saturated rings. The minimum absolute atomic E-state index is 0.0171. The first-order valence-corrected chi connectivity index (χ1v) is 8.59. The van der Waals surface area contributed by atoms with Crippen LogP contribution in [0.5, 0.6) is 0 Å². The van der Waals surface area contributed by atoms with E-state index in [9.17, 15) is 9.18 Å². The SMILES string of the molecule is CC[C@H]1CNC(=O)c2cc(F)cc3c2N1C(N1CCCCC1)N3. The van der Waals surface area contributed by atoms with Gasteiger partial charge in [0.2, 0.25) is 0 Å². The standard InChI is InChI=1S/C17H23FN4O/c1-2-12-10-19-16(23)13-8-11(18)9-14-15(13)22(12)17(20-14)21-6-4-3-5-7-21/h8-9,12,17,20H,2-7,10H2,1H3,(H,19,23)/t12-,17?/m0/s1. The number of nitrogens with one attached hydrogen (secondary N) is 2. The molecule has 1 amide bonds. The highest BCUT2D eigenvalue weighted by Gasteiger charge is 2.41. The molecule has 4 rings (SSSR count). The molecule has 0 spiro atoms. The zero-order chi connectivity index (χ0) is 16.0. The molecule has 1 aromatic rings. The van der Waals surface area contributed by atoms with Crippen LogP contribution >= 0.6 is 0 Å². The van der Waals surface area contributed by atoms with Crippen LogP contribution in [0.2, 0.25) is 0 Å². The third-order valence-corrected chi connectivity index (χ3v) is 5.23. The summed E-state index contributed by atoms with van der Waals surface area (Å²) in [6.07, 6.45) is 4.61. The van der Waals surface area contributed by atoms with Gasteiger partial charge in [-0.1, -0.05) is 13.3 Å². The Kier molecular flexibility index (Phi) is 3.64. The summed E-state index contributed by atoms with van der Waals surface area (Å²) < 4.78 is 14.0. The van der Waals surface area contributed by atoms with Gasteiger partial charge in [0.15, 0.2) is 6.29 Å². The van der Waals surface area contributed by atoms with Crippen molar-refractivity contribution in [3.63, 3.8) is 0 Å². The summed E-state index contributed by atoms with van der Waals surface area (Å²) in [5, 5.41) is 6.42. The predicted octanol–water partition coefficient (Wildman–Crippen LogP) is 2.35. The van der Waals surface area contributed by atoms with E-state index in [1.165, 1.54) is 31.4 Å². The van der Waals surface area contributed by atoms with Crippen molar-refractivity contribution in [2.75, 3.05) is 29.9 Å². The summed E-state index contributed by atoms with van der Waals surface area (Å²) in [4.78, 5) is 17.1. The van der Waals surface area contributed by atoms with Crippen molar-refractivity contribution < 1.29 is 9.18 Å². The van der Waals surface area contributed by atoms with Crippen LogP contribution in [0.15, 0.2) is 12.1 Å². The van der Waals surface area contributed by atoms with Gasteiger partial charge >= 0.3 is 0 Å². The maximum Gasteiger partial charge on any atom is 0.253 e. The number of benzene rings is 1. The van der Waals surface area contributed by atoms with E-state index in [4.69, 9.17) is 0 Å². The summed E-state index contributed by atoms with van der Waals surface area (Å²) in [7, 11) is 0. The highest BCUT2D eigenvalue weighted by molar-refractivity contribution is 6.04. The molecule has 23 heavy (non-hydrogen) atoms. The van der Waals surface area contributed by atoms with E-state index < -0.39 is 0 Å². The van der Waals surface area contributed by atoms with Gasteiger partial charge in [-0.25, -0.2) is 4.39 Å². The Hall–Kier alpha value is -1.82. The minimum Gasteiger partial charge on any atom is -0.351 e. The molecule has 2 N–H and O–H groups in total. The van der Waals surface area contributed by atoms with Gasteiger partial charge in [-0.15, -0.1) is 0 Å². The van der Waals surface area contributed by atoms with E-state index in [1.807, 2.05) is 0 Å². The average Bonchev–Trinajstić information content (AvgIpc) is 2.87. The number of hydrogen-bond donors (Lipinski definition) is 2. The van der Waals surface area contributed by atoms with Crippen molar-refractivity contribution in [1.82, 2.24) is 10.2 Å². The summed E-state index contributed by atoms with van der Waals surface area (Å²) in [5.74, 6) is -0.543. The molecule has 0 saturated carbocycles. The molecular formula is C17H23FN4O. The summed E-state index contributed by atoms with van der Waals surface area (Å²) in [6, 6.07) is 3.09. The number of halogens is 1. The second-order valence-corrected chi connectivity index (χ2v) is 6.64.